The minimum Gasteiger partial charge on any atom is -0.391 e. The van der Waals surface area contributed by atoms with Gasteiger partial charge in [-0.05, 0) is 40.9 Å². The Morgan fingerprint density at radius 3 is 2.94 bits per heavy atom. The third-order valence-corrected chi connectivity index (χ3v) is 3.52. The van der Waals surface area contributed by atoms with E-state index in [0.29, 0.717) is 17.4 Å². The molecule has 1 N–H and O–H groups in total. The number of amides is 1. The molecule has 1 fully saturated rings. The van der Waals surface area contributed by atoms with Crippen molar-refractivity contribution in [1.82, 2.24) is 4.90 Å². The second-order valence-corrected chi connectivity index (χ2v) is 5.00. The first-order valence-electron chi connectivity index (χ1n) is 5.51. The van der Waals surface area contributed by atoms with E-state index in [9.17, 15) is 14.3 Å². The van der Waals surface area contributed by atoms with Crippen LogP contribution >= 0.6 is 15.9 Å². The number of aliphatic hydroxyl groups excluding tert-OH is 1. The lowest BCUT2D eigenvalue weighted by Crippen LogP contribution is -2.42. The number of halogens is 2. The van der Waals surface area contributed by atoms with Gasteiger partial charge in [-0.2, -0.15) is 0 Å². The van der Waals surface area contributed by atoms with Crippen molar-refractivity contribution in [3.05, 3.63) is 34.1 Å². The van der Waals surface area contributed by atoms with Gasteiger partial charge >= 0.3 is 0 Å². The zero-order chi connectivity index (χ0) is 12.4. The number of likely N-dealkylation sites (tertiary alicyclic amines) is 1. The lowest BCUT2D eigenvalue weighted by Gasteiger charge is -2.30. The third-order valence-electron chi connectivity index (χ3n) is 2.86. The fraction of sp³-hybridized carbons (Fsp3) is 0.417. The molecule has 0 aliphatic carbocycles. The van der Waals surface area contributed by atoms with Crippen LogP contribution in [0.3, 0.4) is 0 Å². The standard InChI is InChI=1S/C12H13BrFNO2/c13-9-4-1-5-10(14)11(9)12(17)15-6-2-3-8(16)7-15/h1,4-5,8,16H,2-3,6-7H2/t8-/m0/s1. The van der Waals surface area contributed by atoms with Crippen LogP contribution in [-0.4, -0.2) is 35.1 Å². The highest BCUT2D eigenvalue weighted by atomic mass is 79.9. The number of nitrogens with zero attached hydrogens (tertiary/aromatic N) is 1. The molecule has 1 aliphatic heterocycles. The summed E-state index contributed by atoms with van der Waals surface area (Å²) < 4.78 is 14.1. The molecule has 1 heterocycles. The maximum Gasteiger partial charge on any atom is 0.258 e. The Kier molecular flexibility index (Phi) is 3.79. The van der Waals surface area contributed by atoms with Crippen molar-refractivity contribution in [2.75, 3.05) is 13.1 Å². The van der Waals surface area contributed by atoms with Crippen LogP contribution < -0.4 is 0 Å². The molecular formula is C12H13BrFNO2. The quantitative estimate of drug-likeness (QED) is 0.864. The van der Waals surface area contributed by atoms with Crippen LogP contribution in [0.5, 0.6) is 0 Å². The van der Waals surface area contributed by atoms with Crippen LogP contribution in [0.2, 0.25) is 0 Å². The van der Waals surface area contributed by atoms with Gasteiger partial charge in [-0.15, -0.1) is 0 Å². The van der Waals surface area contributed by atoms with E-state index in [1.165, 1.54) is 11.0 Å². The van der Waals surface area contributed by atoms with Crippen LogP contribution in [-0.2, 0) is 0 Å². The van der Waals surface area contributed by atoms with Crippen molar-refractivity contribution in [3.63, 3.8) is 0 Å². The molecule has 1 aromatic carbocycles. The van der Waals surface area contributed by atoms with E-state index in [1.807, 2.05) is 0 Å². The lowest BCUT2D eigenvalue weighted by molar-refractivity contribution is 0.0469. The second kappa shape index (κ2) is 5.14. The Morgan fingerprint density at radius 2 is 2.29 bits per heavy atom. The number of rotatable bonds is 1. The van der Waals surface area contributed by atoms with E-state index in [4.69, 9.17) is 0 Å². The summed E-state index contributed by atoms with van der Waals surface area (Å²) in [4.78, 5) is 13.6. The minimum atomic E-state index is -0.538. The number of carbonyl (C=O) groups is 1. The van der Waals surface area contributed by atoms with E-state index in [0.717, 1.165) is 6.42 Å². The first kappa shape index (κ1) is 12.5. The third kappa shape index (κ3) is 2.66. The highest BCUT2D eigenvalue weighted by molar-refractivity contribution is 9.10. The molecule has 1 aromatic rings. The highest BCUT2D eigenvalue weighted by Gasteiger charge is 2.26. The molecule has 17 heavy (non-hydrogen) atoms. The molecule has 1 amide bonds. The van der Waals surface area contributed by atoms with Gasteiger partial charge in [0, 0.05) is 17.6 Å². The van der Waals surface area contributed by atoms with Gasteiger partial charge in [0.05, 0.1) is 11.7 Å². The number of hydrogen-bond donors (Lipinski definition) is 1. The van der Waals surface area contributed by atoms with Crippen LogP contribution in [0.4, 0.5) is 4.39 Å². The van der Waals surface area contributed by atoms with Crippen molar-refractivity contribution in [3.8, 4) is 0 Å². The minimum absolute atomic E-state index is 0.0431. The molecule has 0 bridgehead atoms. The van der Waals surface area contributed by atoms with Crippen molar-refractivity contribution >= 4 is 21.8 Å². The molecule has 0 saturated carbocycles. The van der Waals surface area contributed by atoms with Gasteiger partial charge in [-0.25, -0.2) is 4.39 Å². The zero-order valence-corrected chi connectivity index (χ0v) is 10.8. The molecule has 0 radical (unpaired) electrons. The lowest BCUT2D eigenvalue weighted by atomic mass is 10.1. The van der Waals surface area contributed by atoms with E-state index >= 15 is 0 Å². The molecule has 0 aromatic heterocycles. The van der Waals surface area contributed by atoms with Crippen LogP contribution in [0, 0.1) is 5.82 Å². The highest BCUT2D eigenvalue weighted by Crippen LogP contribution is 2.23. The van der Waals surface area contributed by atoms with Crippen LogP contribution in [0.25, 0.3) is 0 Å². The summed E-state index contributed by atoms with van der Waals surface area (Å²) in [6, 6.07) is 4.44. The number of aliphatic hydroxyl groups is 1. The fourth-order valence-corrected chi connectivity index (χ4v) is 2.51. The summed E-state index contributed by atoms with van der Waals surface area (Å²) in [5.41, 5.74) is 0.0431. The number of hydrogen-bond acceptors (Lipinski definition) is 2. The second-order valence-electron chi connectivity index (χ2n) is 4.14. The first-order chi connectivity index (χ1) is 8.09. The molecule has 1 aliphatic rings. The number of carbonyl (C=O) groups excluding carboxylic acids is 1. The molecule has 2 rings (SSSR count). The van der Waals surface area contributed by atoms with Crippen molar-refractivity contribution < 1.29 is 14.3 Å². The summed E-state index contributed by atoms with van der Waals surface area (Å²) in [5, 5.41) is 9.51. The largest absolute Gasteiger partial charge is 0.391 e. The van der Waals surface area contributed by atoms with Gasteiger partial charge in [0.1, 0.15) is 5.82 Å². The zero-order valence-electron chi connectivity index (χ0n) is 9.20. The Hall–Kier alpha value is -0.940. The van der Waals surface area contributed by atoms with E-state index in [-0.39, 0.29) is 18.0 Å². The average molecular weight is 302 g/mol. The number of piperidine rings is 1. The fourth-order valence-electron chi connectivity index (χ4n) is 2.00. The van der Waals surface area contributed by atoms with Crippen molar-refractivity contribution in [1.29, 1.82) is 0 Å². The Morgan fingerprint density at radius 1 is 1.53 bits per heavy atom. The topological polar surface area (TPSA) is 40.5 Å². The first-order valence-corrected chi connectivity index (χ1v) is 6.30. The number of benzene rings is 1. The molecular weight excluding hydrogens is 289 g/mol. The molecule has 0 spiro atoms. The summed E-state index contributed by atoms with van der Waals surface area (Å²) in [6.45, 7) is 0.844. The van der Waals surface area contributed by atoms with Gasteiger partial charge in [0.25, 0.3) is 5.91 Å². The predicted molar refractivity (Wildman–Crippen MR) is 65.2 cm³/mol. The van der Waals surface area contributed by atoms with Gasteiger partial charge in [-0.3, -0.25) is 4.79 Å². The molecule has 5 heteroatoms. The summed E-state index contributed by atoms with van der Waals surface area (Å²) >= 11 is 3.18. The van der Waals surface area contributed by atoms with E-state index in [1.54, 1.807) is 12.1 Å². The molecule has 1 atom stereocenters. The summed E-state index contributed by atoms with van der Waals surface area (Å²) in [5.74, 6) is -0.904. The average Bonchev–Trinajstić information content (AvgIpc) is 2.28. The van der Waals surface area contributed by atoms with Gasteiger partial charge < -0.3 is 10.0 Å². The predicted octanol–water partition coefficient (Wildman–Crippen LogP) is 2.19. The molecule has 3 nitrogen and oxygen atoms in total. The normalized spacial score (nSPS) is 20.4. The van der Waals surface area contributed by atoms with Crippen LogP contribution in [0.1, 0.15) is 23.2 Å². The van der Waals surface area contributed by atoms with Crippen LogP contribution in [0.15, 0.2) is 22.7 Å². The Balaban J connectivity index is 2.24. The summed E-state index contributed by atoms with van der Waals surface area (Å²) in [7, 11) is 0. The van der Waals surface area contributed by atoms with E-state index in [2.05, 4.69) is 15.9 Å². The smallest absolute Gasteiger partial charge is 0.258 e. The number of β-amino-alcohol motifs (C(OH)–C–C–N with tert-alkyl or cyclic N) is 1. The maximum atomic E-state index is 13.6. The van der Waals surface area contributed by atoms with E-state index < -0.39 is 11.9 Å². The van der Waals surface area contributed by atoms with Gasteiger partial charge in [-0.1, -0.05) is 6.07 Å². The molecule has 0 unspecified atom stereocenters. The van der Waals surface area contributed by atoms with Gasteiger partial charge in [0.15, 0.2) is 0 Å². The molecule has 92 valence electrons. The van der Waals surface area contributed by atoms with Crippen molar-refractivity contribution in [2.45, 2.75) is 18.9 Å². The Bertz CT molecular complexity index is 418. The maximum absolute atomic E-state index is 13.6. The Labute approximate surface area is 107 Å². The molecule has 1 saturated heterocycles. The SMILES string of the molecule is O=C(c1c(F)cccc1Br)N1CCC[C@H](O)C1. The van der Waals surface area contributed by atoms with Crippen molar-refractivity contribution in [2.24, 2.45) is 0 Å². The summed E-state index contributed by atoms with van der Waals surface area (Å²) in [6.07, 6.45) is 0.944. The van der Waals surface area contributed by atoms with Gasteiger partial charge in [0.2, 0.25) is 0 Å². The monoisotopic (exact) mass is 301 g/mol.